The first-order valence-electron chi connectivity index (χ1n) is 7.35. The third-order valence-corrected chi connectivity index (χ3v) is 4.28. The summed E-state index contributed by atoms with van der Waals surface area (Å²) in [5, 5.41) is 4.06. The summed E-state index contributed by atoms with van der Waals surface area (Å²) in [5.74, 6) is -0.515. The Hall–Kier alpha value is -2.62. The molecule has 1 saturated heterocycles. The fraction of sp³-hybridized carbons (Fsp3) is 0.222. The molecular weight excluding hydrogens is 280 g/mol. The summed E-state index contributed by atoms with van der Waals surface area (Å²) in [6, 6.07) is 9.86. The zero-order valence-electron chi connectivity index (χ0n) is 12.1. The molecule has 0 aliphatic carbocycles. The normalized spacial score (nSPS) is 18.3. The molecule has 22 heavy (non-hydrogen) atoms. The minimum atomic E-state index is -0.526. The van der Waals surface area contributed by atoms with E-state index in [-0.39, 0.29) is 6.42 Å². The molecule has 2 aromatic carbocycles. The molecule has 0 amide bonds. The first-order chi connectivity index (χ1) is 10.7. The Morgan fingerprint density at radius 2 is 1.95 bits per heavy atom. The Kier molecular flexibility index (Phi) is 2.79. The Balaban J connectivity index is 2.06. The van der Waals surface area contributed by atoms with Gasteiger partial charge in [-0.05, 0) is 22.4 Å². The number of ether oxygens (including phenoxy) is 1. The molecule has 2 heterocycles. The fourth-order valence-electron chi connectivity index (χ4n) is 3.28. The van der Waals surface area contributed by atoms with Crippen molar-refractivity contribution in [3.63, 3.8) is 0 Å². The quantitative estimate of drug-likeness (QED) is 0.534. The van der Waals surface area contributed by atoms with Gasteiger partial charge in [0.2, 0.25) is 0 Å². The van der Waals surface area contributed by atoms with E-state index in [0.29, 0.717) is 0 Å². The number of hydrogen-bond acceptors (Lipinski definition) is 4. The van der Waals surface area contributed by atoms with E-state index in [2.05, 4.69) is 0 Å². The smallest absolute Gasteiger partial charge is 0.321 e. The molecule has 4 nitrogen and oxygen atoms in total. The second-order valence-corrected chi connectivity index (χ2v) is 5.54. The standard InChI is InChI=1S/C18H14O4/c1-2-15-17-10(9-21-15)7-13(11-5-3-4-6-12(11)17)14-8-16(19)22-18(14)20/h3-7,9,14H,2,8H2,1H3. The number of benzene rings is 2. The van der Waals surface area contributed by atoms with Gasteiger partial charge in [-0.25, -0.2) is 0 Å². The highest BCUT2D eigenvalue weighted by Gasteiger charge is 2.36. The molecule has 110 valence electrons. The van der Waals surface area contributed by atoms with Crippen LogP contribution in [0.2, 0.25) is 0 Å². The van der Waals surface area contributed by atoms with Crippen LogP contribution in [-0.2, 0) is 20.7 Å². The largest absolute Gasteiger partial charge is 0.468 e. The maximum absolute atomic E-state index is 12.0. The third kappa shape index (κ3) is 1.77. The highest BCUT2D eigenvalue weighted by Crippen LogP contribution is 2.38. The van der Waals surface area contributed by atoms with Crippen molar-refractivity contribution < 1.29 is 18.7 Å². The predicted molar refractivity (Wildman–Crippen MR) is 81.6 cm³/mol. The summed E-state index contributed by atoms with van der Waals surface area (Å²) < 4.78 is 10.4. The van der Waals surface area contributed by atoms with Crippen molar-refractivity contribution >= 4 is 33.5 Å². The minimum absolute atomic E-state index is 0.104. The lowest BCUT2D eigenvalue weighted by Crippen LogP contribution is -2.06. The van der Waals surface area contributed by atoms with Gasteiger partial charge in [0.05, 0.1) is 18.6 Å². The van der Waals surface area contributed by atoms with E-state index in [4.69, 9.17) is 9.15 Å². The second-order valence-electron chi connectivity index (χ2n) is 5.54. The maximum atomic E-state index is 12.0. The number of fused-ring (bicyclic) bond motifs is 3. The van der Waals surface area contributed by atoms with Crippen molar-refractivity contribution in [3.05, 3.63) is 47.9 Å². The van der Waals surface area contributed by atoms with Crippen molar-refractivity contribution in [1.29, 1.82) is 0 Å². The van der Waals surface area contributed by atoms with Crippen LogP contribution in [0.3, 0.4) is 0 Å². The Labute approximate surface area is 126 Å². The van der Waals surface area contributed by atoms with E-state index in [0.717, 1.165) is 39.3 Å². The van der Waals surface area contributed by atoms with Gasteiger partial charge in [0.25, 0.3) is 0 Å². The molecular formula is C18H14O4. The van der Waals surface area contributed by atoms with Gasteiger partial charge < -0.3 is 9.15 Å². The van der Waals surface area contributed by atoms with E-state index in [1.165, 1.54) is 0 Å². The molecule has 1 aliphatic heterocycles. The number of aryl methyl sites for hydroxylation is 1. The molecule has 4 heteroatoms. The molecule has 0 saturated carbocycles. The molecule has 1 aliphatic rings. The summed E-state index contributed by atoms with van der Waals surface area (Å²) in [6.45, 7) is 2.05. The summed E-state index contributed by atoms with van der Waals surface area (Å²) in [5.41, 5.74) is 0.836. The average Bonchev–Trinajstić information content (AvgIpc) is 3.09. The lowest BCUT2D eigenvalue weighted by atomic mass is 9.89. The number of carbonyl (C=O) groups is 2. The van der Waals surface area contributed by atoms with Crippen LogP contribution in [0.1, 0.15) is 30.6 Å². The minimum Gasteiger partial charge on any atom is -0.468 e. The van der Waals surface area contributed by atoms with Crippen LogP contribution in [0.15, 0.2) is 41.0 Å². The van der Waals surface area contributed by atoms with Crippen molar-refractivity contribution in [2.24, 2.45) is 0 Å². The Morgan fingerprint density at radius 3 is 2.64 bits per heavy atom. The zero-order valence-corrected chi connectivity index (χ0v) is 12.1. The monoisotopic (exact) mass is 294 g/mol. The number of furan rings is 1. The molecule has 0 radical (unpaired) electrons. The SMILES string of the molecule is CCc1occ2cc(C3CC(=O)OC3=O)c3ccccc3c12. The van der Waals surface area contributed by atoms with Crippen LogP contribution in [0, 0.1) is 0 Å². The molecule has 1 unspecified atom stereocenters. The highest BCUT2D eigenvalue weighted by molar-refractivity contribution is 6.12. The van der Waals surface area contributed by atoms with Gasteiger partial charge in [0, 0.05) is 17.2 Å². The van der Waals surface area contributed by atoms with Crippen LogP contribution < -0.4 is 0 Å². The third-order valence-electron chi connectivity index (χ3n) is 4.28. The first-order valence-corrected chi connectivity index (χ1v) is 7.35. The highest BCUT2D eigenvalue weighted by atomic mass is 16.6. The number of esters is 2. The molecule has 0 spiro atoms. The van der Waals surface area contributed by atoms with Crippen LogP contribution >= 0.6 is 0 Å². The molecule has 1 fully saturated rings. The van der Waals surface area contributed by atoms with Gasteiger partial charge in [0.1, 0.15) is 5.76 Å². The van der Waals surface area contributed by atoms with Gasteiger partial charge in [-0.1, -0.05) is 31.2 Å². The van der Waals surface area contributed by atoms with Gasteiger partial charge in [-0.2, -0.15) is 0 Å². The summed E-state index contributed by atoms with van der Waals surface area (Å²) >= 11 is 0. The maximum Gasteiger partial charge on any atom is 0.321 e. The van der Waals surface area contributed by atoms with E-state index in [1.807, 2.05) is 37.3 Å². The predicted octanol–water partition coefficient (Wildman–Crippen LogP) is 3.71. The molecule has 3 aromatic rings. The number of hydrogen-bond donors (Lipinski definition) is 0. The van der Waals surface area contributed by atoms with E-state index in [1.54, 1.807) is 6.26 Å². The average molecular weight is 294 g/mol. The summed E-state index contributed by atoms with van der Waals surface area (Å²) in [4.78, 5) is 23.4. The van der Waals surface area contributed by atoms with Gasteiger partial charge in [-0.15, -0.1) is 0 Å². The van der Waals surface area contributed by atoms with Gasteiger partial charge in [-0.3, -0.25) is 9.59 Å². The van der Waals surface area contributed by atoms with Crippen LogP contribution in [0.4, 0.5) is 0 Å². The van der Waals surface area contributed by atoms with Crippen molar-refractivity contribution in [3.8, 4) is 0 Å². The van der Waals surface area contributed by atoms with E-state index in [9.17, 15) is 9.59 Å². The summed E-state index contributed by atoms with van der Waals surface area (Å²) in [7, 11) is 0. The van der Waals surface area contributed by atoms with Crippen LogP contribution in [0.5, 0.6) is 0 Å². The number of rotatable bonds is 2. The first kappa shape index (κ1) is 13.1. The number of carbonyl (C=O) groups excluding carboxylic acids is 2. The van der Waals surface area contributed by atoms with Gasteiger partial charge >= 0.3 is 11.9 Å². The molecule has 4 rings (SSSR count). The fourth-order valence-corrected chi connectivity index (χ4v) is 3.28. The lowest BCUT2D eigenvalue weighted by Gasteiger charge is -2.11. The van der Waals surface area contributed by atoms with E-state index >= 15 is 0 Å². The molecule has 1 atom stereocenters. The number of cyclic esters (lactones) is 2. The van der Waals surface area contributed by atoms with Crippen molar-refractivity contribution in [2.45, 2.75) is 25.7 Å². The Bertz CT molecular complexity index is 919. The van der Waals surface area contributed by atoms with Gasteiger partial charge in [0.15, 0.2) is 0 Å². The lowest BCUT2D eigenvalue weighted by molar-refractivity contribution is -0.152. The Morgan fingerprint density at radius 1 is 1.18 bits per heavy atom. The van der Waals surface area contributed by atoms with Crippen molar-refractivity contribution in [1.82, 2.24) is 0 Å². The zero-order chi connectivity index (χ0) is 15.3. The topological polar surface area (TPSA) is 56.5 Å². The van der Waals surface area contributed by atoms with Crippen LogP contribution in [0.25, 0.3) is 21.5 Å². The second kappa shape index (κ2) is 4.70. The summed E-state index contributed by atoms with van der Waals surface area (Å²) in [6.07, 6.45) is 2.62. The van der Waals surface area contributed by atoms with E-state index < -0.39 is 17.9 Å². The van der Waals surface area contributed by atoms with Crippen LogP contribution in [-0.4, -0.2) is 11.9 Å². The molecule has 1 aromatic heterocycles. The molecule has 0 N–H and O–H groups in total. The van der Waals surface area contributed by atoms with Crippen molar-refractivity contribution in [2.75, 3.05) is 0 Å². The molecule has 0 bridgehead atoms.